The number of rotatable bonds is 3. The van der Waals surface area contributed by atoms with E-state index in [1.807, 2.05) is 18.5 Å². The average Bonchev–Trinajstić information content (AvgIpc) is 2.83. The predicted octanol–water partition coefficient (Wildman–Crippen LogP) is 2.32. The molecule has 0 saturated carbocycles. The Hall–Kier alpha value is -1.31. The van der Waals surface area contributed by atoms with Crippen LogP contribution in [-0.4, -0.2) is 29.9 Å². The summed E-state index contributed by atoms with van der Waals surface area (Å²) >= 11 is 1.48. The van der Waals surface area contributed by atoms with Crippen molar-refractivity contribution in [1.29, 1.82) is 0 Å². The Morgan fingerprint density at radius 1 is 1.56 bits per heavy atom. The molecule has 0 aliphatic heterocycles. The first kappa shape index (κ1) is 14.7. The normalized spacial score (nSPS) is 10.7. The van der Waals surface area contributed by atoms with E-state index in [0.717, 1.165) is 11.3 Å². The van der Waals surface area contributed by atoms with Gasteiger partial charge < -0.3 is 10.6 Å². The number of thiophene rings is 1. The topological polar surface area (TPSA) is 46.3 Å². The van der Waals surface area contributed by atoms with Crippen LogP contribution < -0.4 is 5.73 Å². The maximum absolute atomic E-state index is 12.3. The molecule has 0 radical (unpaired) electrons. The van der Waals surface area contributed by atoms with Crippen molar-refractivity contribution < 1.29 is 4.79 Å². The average molecular weight is 264 g/mol. The van der Waals surface area contributed by atoms with E-state index in [2.05, 4.69) is 32.6 Å². The summed E-state index contributed by atoms with van der Waals surface area (Å²) in [5.74, 6) is 5.78. The minimum Gasteiger partial charge on any atom is -0.337 e. The maximum atomic E-state index is 12.3. The number of hydrogen-bond acceptors (Lipinski definition) is 3. The molecule has 0 fully saturated rings. The van der Waals surface area contributed by atoms with Crippen LogP contribution in [0, 0.1) is 11.8 Å². The Balaban J connectivity index is 2.88. The van der Waals surface area contributed by atoms with Gasteiger partial charge in [0.15, 0.2) is 0 Å². The lowest BCUT2D eigenvalue weighted by Crippen LogP contribution is -2.44. The molecule has 0 unspecified atom stereocenters. The molecule has 0 aliphatic rings. The molecule has 0 spiro atoms. The van der Waals surface area contributed by atoms with E-state index in [1.165, 1.54) is 11.3 Å². The molecule has 1 aromatic heterocycles. The van der Waals surface area contributed by atoms with E-state index < -0.39 is 0 Å². The Morgan fingerprint density at radius 3 is 2.78 bits per heavy atom. The van der Waals surface area contributed by atoms with Gasteiger partial charge in [-0.3, -0.25) is 4.79 Å². The van der Waals surface area contributed by atoms with Crippen LogP contribution in [0.5, 0.6) is 0 Å². The van der Waals surface area contributed by atoms with Crippen LogP contribution in [0.4, 0.5) is 0 Å². The van der Waals surface area contributed by atoms with Crippen LogP contribution in [0.25, 0.3) is 0 Å². The fourth-order valence-corrected chi connectivity index (χ4v) is 2.11. The van der Waals surface area contributed by atoms with Crippen LogP contribution in [0.15, 0.2) is 11.4 Å². The van der Waals surface area contributed by atoms with Gasteiger partial charge in [-0.15, -0.1) is 11.3 Å². The Morgan fingerprint density at radius 2 is 2.22 bits per heavy atom. The van der Waals surface area contributed by atoms with Crippen LogP contribution in [0.3, 0.4) is 0 Å². The molecular weight excluding hydrogens is 244 g/mol. The van der Waals surface area contributed by atoms with E-state index in [4.69, 9.17) is 5.73 Å². The second-order valence-corrected chi connectivity index (χ2v) is 5.65. The molecule has 0 atom stereocenters. The molecule has 1 amide bonds. The molecule has 3 nitrogen and oxygen atoms in total. The molecule has 1 rings (SSSR count). The summed E-state index contributed by atoms with van der Waals surface area (Å²) in [6, 6.07) is 1.83. The van der Waals surface area contributed by atoms with Crippen molar-refractivity contribution in [2.45, 2.75) is 32.7 Å². The summed E-state index contributed by atoms with van der Waals surface area (Å²) in [5.41, 5.74) is 5.88. The van der Waals surface area contributed by atoms with Crippen LogP contribution in [0.2, 0.25) is 0 Å². The smallest absolute Gasteiger partial charge is 0.254 e. The van der Waals surface area contributed by atoms with E-state index in [-0.39, 0.29) is 11.4 Å². The van der Waals surface area contributed by atoms with Crippen molar-refractivity contribution in [3.8, 4) is 11.8 Å². The van der Waals surface area contributed by atoms with E-state index >= 15 is 0 Å². The third kappa shape index (κ3) is 3.34. The molecule has 0 saturated heterocycles. The zero-order chi connectivity index (χ0) is 13.8. The first-order valence-electron chi connectivity index (χ1n) is 5.98. The number of hydrogen-bond donors (Lipinski definition) is 1. The summed E-state index contributed by atoms with van der Waals surface area (Å²) in [7, 11) is 1.84. The van der Waals surface area contributed by atoms with Crippen molar-refractivity contribution in [3.05, 3.63) is 21.9 Å². The summed E-state index contributed by atoms with van der Waals surface area (Å²) in [5, 5.41) is 1.85. The highest BCUT2D eigenvalue weighted by atomic mass is 32.1. The number of amides is 1. The summed E-state index contributed by atoms with van der Waals surface area (Å²) < 4.78 is 0. The molecule has 98 valence electrons. The Kier molecular flexibility index (Phi) is 4.94. The lowest BCUT2D eigenvalue weighted by molar-refractivity contribution is 0.0621. The van der Waals surface area contributed by atoms with Crippen LogP contribution >= 0.6 is 11.3 Å². The summed E-state index contributed by atoms with van der Waals surface area (Å²) in [4.78, 5) is 15.0. The Bertz CT molecular complexity index is 479. The molecule has 1 heterocycles. The minimum atomic E-state index is -0.137. The number of nitrogens with zero attached hydrogens (tertiary/aromatic N) is 1. The first-order chi connectivity index (χ1) is 8.42. The quantitative estimate of drug-likeness (QED) is 0.852. The third-order valence-corrected chi connectivity index (χ3v) is 4.08. The fraction of sp³-hybridized carbons (Fsp3) is 0.500. The SMILES string of the molecule is CCC(C)(C)N(C)C(=O)c1csc(C#CCN)c1. The van der Waals surface area contributed by atoms with Gasteiger partial charge in [0.1, 0.15) is 0 Å². The van der Waals surface area contributed by atoms with Crippen LogP contribution in [0.1, 0.15) is 42.4 Å². The van der Waals surface area contributed by atoms with Gasteiger partial charge >= 0.3 is 0 Å². The second kappa shape index (κ2) is 6.03. The predicted molar refractivity (Wildman–Crippen MR) is 76.7 cm³/mol. The molecule has 4 heteroatoms. The Labute approximate surface area is 113 Å². The highest BCUT2D eigenvalue weighted by molar-refractivity contribution is 7.10. The zero-order valence-corrected chi connectivity index (χ0v) is 12.2. The van der Waals surface area contributed by atoms with Gasteiger partial charge in [-0.05, 0) is 26.3 Å². The summed E-state index contributed by atoms with van der Waals surface area (Å²) in [6.07, 6.45) is 0.916. The summed E-state index contributed by atoms with van der Waals surface area (Å²) in [6.45, 7) is 6.54. The number of carbonyl (C=O) groups is 1. The second-order valence-electron chi connectivity index (χ2n) is 4.74. The lowest BCUT2D eigenvalue weighted by Gasteiger charge is -2.34. The highest BCUT2D eigenvalue weighted by Gasteiger charge is 2.26. The lowest BCUT2D eigenvalue weighted by atomic mass is 9.99. The van der Waals surface area contributed by atoms with Crippen molar-refractivity contribution in [2.24, 2.45) is 5.73 Å². The number of nitrogens with two attached hydrogens (primary N) is 1. The highest BCUT2D eigenvalue weighted by Crippen LogP contribution is 2.21. The molecule has 2 N–H and O–H groups in total. The molecule has 0 bridgehead atoms. The van der Waals surface area contributed by atoms with Crippen LogP contribution in [-0.2, 0) is 0 Å². The molecule has 0 aliphatic carbocycles. The van der Waals surface area contributed by atoms with E-state index in [9.17, 15) is 4.79 Å². The van der Waals surface area contributed by atoms with Gasteiger partial charge in [-0.1, -0.05) is 18.8 Å². The monoisotopic (exact) mass is 264 g/mol. The van der Waals surface area contributed by atoms with Crippen molar-refractivity contribution >= 4 is 17.2 Å². The first-order valence-corrected chi connectivity index (χ1v) is 6.86. The standard InChI is InChI=1S/C14H20N2OS/c1-5-14(2,3)16(4)13(17)11-9-12(18-10-11)7-6-8-15/h9-10H,5,8,15H2,1-4H3. The van der Waals surface area contributed by atoms with Crippen molar-refractivity contribution in [3.63, 3.8) is 0 Å². The van der Waals surface area contributed by atoms with Crippen molar-refractivity contribution in [2.75, 3.05) is 13.6 Å². The fourth-order valence-electron chi connectivity index (χ4n) is 1.36. The van der Waals surface area contributed by atoms with Gasteiger partial charge in [0, 0.05) is 18.0 Å². The molecule has 0 aromatic carbocycles. The third-order valence-electron chi connectivity index (χ3n) is 3.24. The van der Waals surface area contributed by atoms with Gasteiger partial charge in [0.2, 0.25) is 0 Å². The number of carbonyl (C=O) groups excluding carboxylic acids is 1. The van der Waals surface area contributed by atoms with Gasteiger partial charge in [-0.2, -0.15) is 0 Å². The molecular formula is C14H20N2OS. The van der Waals surface area contributed by atoms with E-state index in [0.29, 0.717) is 12.1 Å². The van der Waals surface area contributed by atoms with Crippen molar-refractivity contribution in [1.82, 2.24) is 4.90 Å². The van der Waals surface area contributed by atoms with Gasteiger partial charge in [0.05, 0.1) is 17.0 Å². The zero-order valence-electron chi connectivity index (χ0n) is 11.4. The maximum Gasteiger partial charge on any atom is 0.254 e. The molecule has 1 aromatic rings. The van der Waals surface area contributed by atoms with E-state index in [1.54, 1.807) is 4.90 Å². The molecule has 18 heavy (non-hydrogen) atoms. The largest absolute Gasteiger partial charge is 0.337 e. The van der Waals surface area contributed by atoms with Gasteiger partial charge in [-0.25, -0.2) is 0 Å². The minimum absolute atomic E-state index is 0.0406. The van der Waals surface area contributed by atoms with Gasteiger partial charge in [0.25, 0.3) is 5.91 Å².